The van der Waals surface area contributed by atoms with Gasteiger partial charge in [-0.15, -0.1) is 0 Å². The third-order valence-electron chi connectivity index (χ3n) is 6.36. The van der Waals surface area contributed by atoms with Gasteiger partial charge in [0.25, 0.3) is 0 Å². The van der Waals surface area contributed by atoms with Crippen molar-refractivity contribution in [3.8, 4) is 0 Å². The molecule has 1 fully saturated rings. The zero-order valence-corrected chi connectivity index (χ0v) is 22.4. The molecule has 4 heteroatoms. The van der Waals surface area contributed by atoms with Crippen LogP contribution in [-0.4, -0.2) is 75.6 Å². The molecule has 0 unspecified atom stereocenters. The summed E-state index contributed by atoms with van der Waals surface area (Å²) in [6.07, 6.45) is 6.88. The second kappa shape index (κ2) is 9.10. The van der Waals surface area contributed by atoms with Gasteiger partial charge in [0.1, 0.15) is 0 Å². The van der Waals surface area contributed by atoms with Crippen molar-refractivity contribution in [2.24, 2.45) is 0 Å². The van der Waals surface area contributed by atoms with Gasteiger partial charge in [0, 0.05) is 0 Å². The Hall–Kier alpha value is 0.156. The Labute approximate surface area is 168 Å². The van der Waals surface area contributed by atoms with Crippen LogP contribution in [0.3, 0.4) is 0 Å². The Bertz CT molecular complexity index is 553. The summed E-state index contributed by atoms with van der Waals surface area (Å²) in [5, 5.41) is 0. The van der Waals surface area contributed by atoms with Gasteiger partial charge in [-0.05, 0) is 0 Å². The monoisotopic (exact) mass is 482 g/mol. The molecule has 3 atom stereocenters. The molecule has 0 radical (unpaired) electrons. The predicted octanol–water partition coefficient (Wildman–Crippen LogP) is 5.24. The number of nitrogens with zero attached hydrogens (tertiary/aromatic N) is 2. The van der Waals surface area contributed by atoms with E-state index in [0.717, 1.165) is 15.6 Å². The van der Waals surface area contributed by atoms with E-state index in [4.69, 9.17) is 0 Å². The standard InChI is InChI=1S/C19H33N2Si.3CH3.Sn/c1-20(2)18-13-9-10-14-19(18)21(3)16-22(4,5)15-17-11-7-6-8-12-17;;;;/h6-8,11-12,15,18-19H,9-10,13-14,16H2,1-5H3;3*1H3;/t18-,19-;;;;/m1..../s1. The van der Waals surface area contributed by atoms with Gasteiger partial charge in [-0.1, -0.05) is 0 Å². The summed E-state index contributed by atoms with van der Waals surface area (Å²) in [6.45, 7) is 5.33. The molecule has 1 aromatic rings. The molecular weight excluding hydrogens is 439 g/mol. The van der Waals surface area contributed by atoms with Gasteiger partial charge in [-0.25, -0.2) is 0 Å². The van der Waals surface area contributed by atoms with Crippen LogP contribution in [0.1, 0.15) is 34.8 Å². The molecule has 1 aliphatic rings. The van der Waals surface area contributed by atoms with Crippen molar-refractivity contribution in [3.05, 3.63) is 35.9 Å². The summed E-state index contributed by atoms with van der Waals surface area (Å²) in [5.41, 5.74) is 1.63. The molecule has 0 aromatic heterocycles. The summed E-state index contributed by atoms with van der Waals surface area (Å²) in [6, 6.07) is 12.9. The topological polar surface area (TPSA) is 6.48 Å². The summed E-state index contributed by atoms with van der Waals surface area (Å²) < 4.78 is 0.877. The zero-order chi connectivity index (χ0) is 19.5. The molecule has 0 amide bonds. The molecule has 0 N–H and O–H groups in total. The van der Waals surface area contributed by atoms with E-state index in [1.54, 1.807) is 5.56 Å². The Balaban J connectivity index is 2.23. The minimum atomic E-state index is -2.11. The van der Waals surface area contributed by atoms with Gasteiger partial charge in [0.05, 0.1) is 0 Å². The number of benzene rings is 1. The van der Waals surface area contributed by atoms with E-state index in [-0.39, 0.29) is 0 Å². The van der Waals surface area contributed by atoms with Gasteiger partial charge in [0.2, 0.25) is 0 Å². The van der Waals surface area contributed by atoms with Crippen LogP contribution in [-0.2, 0) is 0 Å². The third kappa shape index (κ3) is 5.59. The molecular formula is C22H42N2SiSn. The molecule has 0 spiro atoms. The van der Waals surface area contributed by atoms with Gasteiger partial charge in [-0.3, -0.25) is 0 Å². The van der Waals surface area contributed by atoms with E-state index >= 15 is 0 Å². The number of hydrogen-bond donors (Lipinski definition) is 0. The molecule has 1 saturated carbocycles. The van der Waals surface area contributed by atoms with Crippen LogP contribution >= 0.6 is 0 Å². The van der Waals surface area contributed by atoms with Crippen LogP contribution in [0.25, 0.3) is 0 Å². The SMILES string of the molecule is CN(C)[C@@H]1CCCC[C@H]1N(C)C[Si](C)(C)[C@H](c1ccccc1)[Sn]([CH3])([CH3])[CH3]. The maximum atomic E-state index is 2.77. The minimum absolute atomic E-state index is 0.729. The summed E-state index contributed by atoms with van der Waals surface area (Å²) in [5.74, 6) is 0. The van der Waals surface area contributed by atoms with Gasteiger partial charge < -0.3 is 0 Å². The molecule has 26 heavy (non-hydrogen) atoms. The quantitative estimate of drug-likeness (QED) is 0.492. The van der Waals surface area contributed by atoms with E-state index in [1.165, 1.54) is 31.9 Å². The molecule has 0 bridgehead atoms. The molecule has 2 nitrogen and oxygen atoms in total. The second-order valence-corrected chi connectivity index (χ2v) is 32.2. The van der Waals surface area contributed by atoms with Crippen molar-refractivity contribution >= 4 is 26.5 Å². The van der Waals surface area contributed by atoms with Gasteiger partial charge >= 0.3 is 169 Å². The fourth-order valence-electron chi connectivity index (χ4n) is 5.83. The summed E-state index contributed by atoms with van der Waals surface area (Å²) in [7, 11) is 5.55. The molecule has 1 aliphatic carbocycles. The number of hydrogen-bond acceptors (Lipinski definition) is 2. The van der Waals surface area contributed by atoms with Crippen LogP contribution in [0.4, 0.5) is 0 Å². The molecule has 0 saturated heterocycles. The first-order valence-electron chi connectivity index (χ1n) is 10.5. The fraction of sp³-hybridized carbons (Fsp3) is 0.727. The molecule has 148 valence electrons. The van der Waals surface area contributed by atoms with Gasteiger partial charge in [0.15, 0.2) is 0 Å². The Morgan fingerprint density at radius 3 is 2.00 bits per heavy atom. The molecule has 1 aromatic carbocycles. The van der Waals surface area contributed by atoms with E-state index in [1.807, 2.05) is 0 Å². The van der Waals surface area contributed by atoms with E-state index in [2.05, 4.69) is 89.2 Å². The first kappa shape index (κ1) is 22.4. The zero-order valence-electron chi connectivity index (χ0n) is 18.5. The molecule has 0 heterocycles. The summed E-state index contributed by atoms with van der Waals surface area (Å²) in [4.78, 5) is 13.2. The number of rotatable bonds is 7. The molecule has 0 aliphatic heterocycles. The third-order valence-corrected chi connectivity index (χ3v) is 28.0. The van der Waals surface area contributed by atoms with Crippen molar-refractivity contribution in [1.29, 1.82) is 0 Å². The van der Waals surface area contributed by atoms with Crippen molar-refractivity contribution < 1.29 is 0 Å². The van der Waals surface area contributed by atoms with Crippen LogP contribution in [0, 0.1) is 0 Å². The van der Waals surface area contributed by atoms with Crippen molar-refractivity contribution in [2.75, 3.05) is 27.3 Å². The normalized spacial score (nSPS) is 23.5. The van der Waals surface area contributed by atoms with E-state index in [0.29, 0.717) is 0 Å². The van der Waals surface area contributed by atoms with Crippen LogP contribution in [0.15, 0.2) is 30.3 Å². The van der Waals surface area contributed by atoms with Crippen molar-refractivity contribution in [3.63, 3.8) is 0 Å². The fourth-order valence-corrected chi connectivity index (χ4v) is 35.2. The average molecular weight is 481 g/mol. The second-order valence-electron chi connectivity index (χ2n) is 10.5. The first-order chi connectivity index (χ1) is 12.0. The predicted molar refractivity (Wildman–Crippen MR) is 122 cm³/mol. The van der Waals surface area contributed by atoms with Gasteiger partial charge in [-0.2, -0.15) is 0 Å². The van der Waals surface area contributed by atoms with Crippen molar-refractivity contribution in [2.45, 2.75) is 69.2 Å². The van der Waals surface area contributed by atoms with Crippen molar-refractivity contribution in [1.82, 2.24) is 9.80 Å². The first-order valence-corrected chi connectivity index (χ1v) is 23.9. The van der Waals surface area contributed by atoms with Crippen LogP contribution < -0.4 is 0 Å². The maximum absolute atomic E-state index is 2.77. The van der Waals surface area contributed by atoms with Crippen LogP contribution in [0.2, 0.25) is 27.9 Å². The molecule has 2 rings (SSSR count). The Morgan fingerprint density at radius 1 is 0.962 bits per heavy atom. The number of likely N-dealkylation sites (N-methyl/N-ethyl adjacent to an activating group) is 2. The average Bonchev–Trinajstić information content (AvgIpc) is 2.53. The Kier molecular flexibility index (Phi) is 7.86. The summed E-state index contributed by atoms with van der Waals surface area (Å²) >= 11 is -2.11. The van der Waals surface area contributed by atoms with Crippen LogP contribution in [0.5, 0.6) is 0 Å². The van der Waals surface area contributed by atoms with E-state index < -0.39 is 26.5 Å². The van der Waals surface area contributed by atoms with E-state index in [9.17, 15) is 0 Å². The Morgan fingerprint density at radius 2 is 1.50 bits per heavy atom.